The van der Waals surface area contributed by atoms with Crippen LogP contribution in [0, 0.1) is 0 Å². The molecule has 3 rings (SSSR count). The molecule has 0 aliphatic heterocycles. The Morgan fingerprint density at radius 2 is 2.15 bits per heavy atom. The first-order valence-corrected chi connectivity index (χ1v) is 7.83. The molecule has 1 N–H and O–H groups in total. The van der Waals surface area contributed by atoms with Gasteiger partial charge in [-0.1, -0.05) is 26.7 Å². The molecule has 0 spiro atoms. The fraction of sp³-hybridized carbons (Fsp3) is 0.600. The minimum absolute atomic E-state index is 0.193. The van der Waals surface area contributed by atoms with Gasteiger partial charge in [0.1, 0.15) is 5.52 Å². The van der Waals surface area contributed by atoms with Crippen molar-refractivity contribution in [3.8, 4) is 0 Å². The van der Waals surface area contributed by atoms with Crippen LogP contribution < -0.4 is 5.32 Å². The van der Waals surface area contributed by atoms with E-state index in [1.807, 2.05) is 10.7 Å². The molecular weight excluding hydrogens is 272 g/mol. The molecule has 108 valence electrons. The first-order chi connectivity index (χ1) is 9.65. The van der Waals surface area contributed by atoms with Gasteiger partial charge in [0.2, 0.25) is 0 Å². The summed E-state index contributed by atoms with van der Waals surface area (Å²) in [6.45, 7) is 4.30. The summed E-state index contributed by atoms with van der Waals surface area (Å²) in [5, 5.41) is 8.30. The highest BCUT2D eigenvalue weighted by Crippen LogP contribution is 2.27. The smallest absolute Gasteiger partial charge is 0.152 e. The van der Waals surface area contributed by atoms with Crippen LogP contribution in [0.2, 0.25) is 0 Å². The van der Waals surface area contributed by atoms with Crippen molar-refractivity contribution in [1.29, 1.82) is 0 Å². The summed E-state index contributed by atoms with van der Waals surface area (Å²) in [4.78, 5) is 4.48. The normalized spacial score (nSPS) is 23.4. The molecule has 1 aliphatic carbocycles. The Hall–Kier alpha value is -1.29. The summed E-state index contributed by atoms with van der Waals surface area (Å²) in [6, 6.07) is 2.42. The van der Waals surface area contributed by atoms with E-state index in [-0.39, 0.29) is 5.38 Å². The van der Waals surface area contributed by atoms with Crippen molar-refractivity contribution in [1.82, 2.24) is 14.6 Å². The molecule has 5 heteroatoms. The van der Waals surface area contributed by atoms with E-state index in [1.54, 1.807) is 6.20 Å². The van der Waals surface area contributed by atoms with Gasteiger partial charge in [-0.3, -0.25) is 0 Å². The maximum Gasteiger partial charge on any atom is 0.152 e. The van der Waals surface area contributed by atoms with Crippen LogP contribution in [0.15, 0.2) is 18.5 Å². The van der Waals surface area contributed by atoms with Gasteiger partial charge in [-0.2, -0.15) is 5.10 Å². The summed E-state index contributed by atoms with van der Waals surface area (Å²) in [6.07, 6.45) is 8.35. The second-order valence-electron chi connectivity index (χ2n) is 5.88. The van der Waals surface area contributed by atoms with Crippen LogP contribution in [0.4, 0.5) is 5.82 Å². The third-order valence-corrected chi connectivity index (χ3v) is 4.53. The van der Waals surface area contributed by atoms with Crippen molar-refractivity contribution in [3.05, 3.63) is 24.2 Å². The number of nitrogens with one attached hydrogen (secondary N) is 1. The maximum absolute atomic E-state index is 6.43. The lowest BCUT2D eigenvalue weighted by Gasteiger charge is -2.28. The Morgan fingerprint density at radius 1 is 1.35 bits per heavy atom. The second kappa shape index (κ2) is 5.60. The van der Waals surface area contributed by atoms with Gasteiger partial charge in [0, 0.05) is 18.4 Å². The van der Waals surface area contributed by atoms with Crippen LogP contribution >= 0.6 is 11.6 Å². The third-order valence-electron chi connectivity index (χ3n) is 4.00. The van der Waals surface area contributed by atoms with Crippen LogP contribution in [0.1, 0.15) is 51.1 Å². The number of nitrogens with zero attached hydrogens (tertiary/aromatic N) is 3. The molecule has 2 aromatic heterocycles. The van der Waals surface area contributed by atoms with Gasteiger partial charge >= 0.3 is 0 Å². The van der Waals surface area contributed by atoms with Gasteiger partial charge < -0.3 is 5.32 Å². The first kappa shape index (κ1) is 13.7. The number of aromatic nitrogens is 3. The van der Waals surface area contributed by atoms with Gasteiger partial charge in [-0.25, -0.2) is 9.50 Å². The summed E-state index contributed by atoms with van der Waals surface area (Å²) >= 11 is 6.43. The van der Waals surface area contributed by atoms with Crippen LogP contribution in [0.5, 0.6) is 0 Å². The molecule has 0 bridgehead atoms. The topological polar surface area (TPSA) is 42.2 Å². The number of rotatable bonds is 3. The molecule has 0 radical (unpaired) electrons. The van der Waals surface area contributed by atoms with Crippen molar-refractivity contribution in [3.63, 3.8) is 0 Å². The quantitative estimate of drug-likeness (QED) is 0.875. The van der Waals surface area contributed by atoms with E-state index in [0.29, 0.717) is 12.0 Å². The fourth-order valence-electron chi connectivity index (χ4n) is 2.76. The molecule has 0 amide bonds. The third kappa shape index (κ3) is 2.62. The molecule has 0 saturated heterocycles. The maximum atomic E-state index is 6.43. The number of fused-ring (bicyclic) bond motifs is 1. The Labute approximate surface area is 124 Å². The van der Waals surface area contributed by atoms with E-state index in [2.05, 4.69) is 35.3 Å². The molecule has 2 unspecified atom stereocenters. The van der Waals surface area contributed by atoms with E-state index in [0.717, 1.165) is 29.9 Å². The molecule has 20 heavy (non-hydrogen) atoms. The summed E-state index contributed by atoms with van der Waals surface area (Å²) < 4.78 is 1.90. The second-order valence-corrected chi connectivity index (χ2v) is 6.44. The zero-order chi connectivity index (χ0) is 14.1. The molecule has 2 heterocycles. The number of alkyl halides is 1. The molecule has 0 aromatic carbocycles. The average Bonchev–Trinajstić information content (AvgIpc) is 2.86. The highest BCUT2D eigenvalue weighted by atomic mass is 35.5. The van der Waals surface area contributed by atoms with Crippen molar-refractivity contribution in [2.24, 2.45) is 0 Å². The van der Waals surface area contributed by atoms with Gasteiger partial charge in [-0.15, -0.1) is 11.6 Å². The number of halogens is 1. The van der Waals surface area contributed by atoms with Crippen molar-refractivity contribution >= 4 is 22.9 Å². The zero-order valence-corrected chi connectivity index (χ0v) is 12.8. The minimum Gasteiger partial charge on any atom is -0.364 e. The molecular formula is C15H21ClN4. The Morgan fingerprint density at radius 3 is 2.90 bits per heavy atom. The van der Waals surface area contributed by atoms with Crippen LogP contribution in [0.25, 0.3) is 5.52 Å². The van der Waals surface area contributed by atoms with Crippen molar-refractivity contribution in [2.45, 2.75) is 56.9 Å². The molecule has 2 aromatic rings. The molecule has 1 fully saturated rings. The lowest BCUT2D eigenvalue weighted by molar-refractivity contribution is 0.469. The number of hydrogen-bond acceptors (Lipinski definition) is 3. The number of anilines is 1. The van der Waals surface area contributed by atoms with Gasteiger partial charge in [-0.05, 0) is 24.8 Å². The van der Waals surface area contributed by atoms with Gasteiger partial charge in [0.25, 0.3) is 0 Å². The number of hydrogen-bond donors (Lipinski definition) is 1. The molecule has 4 nitrogen and oxygen atoms in total. The SMILES string of the molecule is CC(C)c1cc2c(NC3CCCCC3Cl)nccn2n1. The van der Waals surface area contributed by atoms with Crippen molar-refractivity contribution < 1.29 is 0 Å². The monoisotopic (exact) mass is 292 g/mol. The average molecular weight is 293 g/mol. The summed E-state index contributed by atoms with van der Waals surface area (Å²) in [7, 11) is 0. The highest BCUT2D eigenvalue weighted by Gasteiger charge is 2.24. The fourth-order valence-corrected chi connectivity index (χ4v) is 3.10. The van der Waals surface area contributed by atoms with E-state index in [9.17, 15) is 0 Å². The van der Waals surface area contributed by atoms with Crippen LogP contribution in [-0.2, 0) is 0 Å². The largest absolute Gasteiger partial charge is 0.364 e. The Kier molecular flexibility index (Phi) is 3.83. The highest BCUT2D eigenvalue weighted by molar-refractivity contribution is 6.21. The molecule has 2 atom stereocenters. The predicted octanol–water partition coefficient (Wildman–Crippen LogP) is 3.81. The molecule has 1 saturated carbocycles. The van der Waals surface area contributed by atoms with Gasteiger partial charge in [0.05, 0.1) is 11.1 Å². The Bertz CT molecular complexity index is 593. The van der Waals surface area contributed by atoms with Crippen LogP contribution in [0.3, 0.4) is 0 Å². The zero-order valence-electron chi connectivity index (χ0n) is 12.0. The van der Waals surface area contributed by atoms with E-state index in [1.165, 1.54) is 12.8 Å². The first-order valence-electron chi connectivity index (χ1n) is 7.40. The van der Waals surface area contributed by atoms with E-state index in [4.69, 9.17) is 11.6 Å². The molecule has 1 aliphatic rings. The van der Waals surface area contributed by atoms with E-state index < -0.39 is 0 Å². The Balaban J connectivity index is 1.90. The lowest BCUT2D eigenvalue weighted by Crippen LogP contribution is -2.33. The van der Waals surface area contributed by atoms with Crippen molar-refractivity contribution in [2.75, 3.05) is 5.32 Å². The van der Waals surface area contributed by atoms with Crippen LogP contribution in [-0.4, -0.2) is 26.0 Å². The summed E-state index contributed by atoms with van der Waals surface area (Å²) in [5.74, 6) is 1.31. The predicted molar refractivity (Wildman–Crippen MR) is 82.6 cm³/mol. The lowest BCUT2D eigenvalue weighted by atomic mass is 9.95. The summed E-state index contributed by atoms with van der Waals surface area (Å²) in [5.41, 5.74) is 2.12. The minimum atomic E-state index is 0.193. The van der Waals surface area contributed by atoms with Gasteiger partial charge in [0.15, 0.2) is 5.82 Å². The van der Waals surface area contributed by atoms with E-state index >= 15 is 0 Å². The standard InChI is InChI=1S/C15H21ClN4/c1-10(2)13-9-14-15(17-7-8-20(14)19-13)18-12-6-4-3-5-11(12)16/h7-12H,3-6H2,1-2H3,(H,17,18).